The maximum absolute atomic E-state index is 14.8. The molecule has 0 amide bonds. The molecular weight excluding hydrogens is 1020 g/mol. The summed E-state index contributed by atoms with van der Waals surface area (Å²) in [4.78, 5) is 41.0. The van der Waals surface area contributed by atoms with Gasteiger partial charge in [0.15, 0.2) is 37.2 Å². The van der Waals surface area contributed by atoms with E-state index in [0.717, 1.165) is 32.6 Å². The zero-order valence-electron chi connectivity index (χ0n) is 45.3. The molecule has 5 aliphatic carbocycles. The molecule has 23 heteroatoms. The number of carboxylic acid groups (broad SMARTS) is 1. The average Bonchev–Trinajstić information content (AvgIpc) is 3.55. The molecule has 438 valence electrons. The Morgan fingerprint density at radius 3 is 1.82 bits per heavy atom. The number of aliphatic hydroxyl groups excluding tert-OH is 10. The number of allylic oxidation sites excluding steroid dienone is 2. The Bertz CT molecular complexity index is 2210. The van der Waals surface area contributed by atoms with Crippen molar-refractivity contribution in [3.8, 4) is 0 Å². The van der Waals surface area contributed by atoms with Crippen LogP contribution in [-0.2, 0) is 57.0 Å². The van der Waals surface area contributed by atoms with Gasteiger partial charge in [-0.1, -0.05) is 60.1 Å². The van der Waals surface area contributed by atoms with E-state index in [2.05, 4.69) is 54.5 Å². The molecule has 11 N–H and O–H groups in total. The van der Waals surface area contributed by atoms with Crippen LogP contribution in [0.1, 0.15) is 120 Å². The number of fused-ring (bicyclic) bond motifs is 7. The number of hydrogen-bond donors (Lipinski definition) is 11. The second-order valence-electron chi connectivity index (χ2n) is 26.0. The molecule has 0 aromatic rings. The van der Waals surface area contributed by atoms with Gasteiger partial charge >= 0.3 is 17.9 Å². The molecule has 0 spiro atoms. The van der Waals surface area contributed by atoms with Crippen LogP contribution >= 0.6 is 0 Å². The van der Waals surface area contributed by atoms with Gasteiger partial charge in [0.1, 0.15) is 67.1 Å². The van der Waals surface area contributed by atoms with Crippen LogP contribution in [0.2, 0.25) is 0 Å². The Kier molecular flexibility index (Phi) is 16.4. The van der Waals surface area contributed by atoms with E-state index in [-0.39, 0.29) is 39.4 Å². The van der Waals surface area contributed by atoms with Gasteiger partial charge in [0, 0.05) is 6.92 Å². The average molecular weight is 1100 g/mol. The summed E-state index contributed by atoms with van der Waals surface area (Å²) in [6.07, 6.45) is -22.2. The van der Waals surface area contributed by atoms with Gasteiger partial charge in [-0.3, -0.25) is 9.59 Å². The van der Waals surface area contributed by atoms with Crippen molar-refractivity contribution in [3.63, 3.8) is 0 Å². The molecule has 4 heterocycles. The molecule has 0 aromatic heterocycles. The summed E-state index contributed by atoms with van der Waals surface area (Å²) in [5, 5.41) is 116. The molecule has 4 saturated carbocycles. The van der Waals surface area contributed by atoms with E-state index in [4.69, 9.17) is 42.6 Å². The number of carbonyl (C=O) groups is 3. The molecule has 0 radical (unpaired) electrons. The van der Waals surface area contributed by atoms with Crippen LogP contribution in [0.25, 0.3) is 0 Å². The summed E-state index contributed by atoms with van der Waals surface area (Å²) in [5.41, 5.74) is -1.39. The number of carboxylic acids is 1. The Morgan fingerprint density at radius 1 is 0.623 bits per heavy atom. The van der Waals surface area contributed by atoms with E-state index in [1.54, 1.807) is 0 Å². The lowest BCUT2D eigenvalue weighted by atomic mass is 9.33. The predicted octanol–water partition coefficient (Wildman–Crippen LogP) is -0.0940. The highest BCUT2D eigenvalue weighted by Crippen LogP contribution is 2.76. The molecule has 9 rings (SSSR count). The summed E-state index contributed by atoms with van der Waals surface area (Å²) in [6, 6.07) is 0. The van der Waals surface area contributed by atoms with E-state index in [0.29, 0.717) is 38.5 Å². The molecule has 23 nitrogen and oxygen atoms in total. The Hall–Kier alpha value is -2.53. The summed E-state index contributed by atoms with van der Waals surface area (Å²) < 4.78 is 54.1. The number of carbonyl (C=O) groups excluding carboxylic acids is 2. The number of hydrogen-bond acceptors (Lipinski definition) is 22. The first-order chi connectivity index (χ1) is 36.0. The summed E-state index contributed by atoms with van der Waals surface area (Å²) in [5.74, 6) is -3.09. The van der Waals surface area contributed by atoms with E-state index in [9.17, 15) is 70.6 Å². The Morgan fingerprint density at radius 2 is 1.22 bits per heavy atom. The first-order valence-electron chi connectivity index (χ1n) is 27.5. The summed E-state index contributed by atoms with van der Waals surface area (Å²) in [6.45, 7) is 15.1. The van der Waals surface area contributed by atoms with E-state index >= 15 is 0 Å². The molecule has 77 heavy (non-hydrogen) atoms. The van der Waals surface area contributed by atoms with Gasteiger partial charge in [0.25, 0.3) is 0 Å². The van der Waals surface area contributed by atoms with Gasteiger partial charge < -0.3 is 98.8 Å². The fourth-order valence-corrected chi connectivity index (χ4v) is 16.2. The number of rotatable bonds is 11. The monoisotopic (exact) mass is 1100 g/mol. The molecule has 0 bridgehead atoms. The van der Waals surface area contributed by atoms with Crippen molar-refractivity contribution < 1.29 is 113 Å². The third-order valence-electron chi connectivity index (χ3n) is 20.9. The molecule has 26 atom stereocenters. The lowest BCUT2D eigenvalue weighted by Crippen LogP contribution is -2.68. The van der Waals surface area contributed by atoms with Crippen molar-refractivity contribution in [3.05, 3.63) is 11.6 Å². The highest BCUT2D eigenvalue weighted by atomic mass is 16.8. The quantitative estimate of drug-likeness (QED) is 0.0731. The van der Waals surface area contributed by atoms with E-state index < -0.39 is 165 Å². The lowest BCUT2D eigenvalue weighted by molar-refractivity contribution is -0.382. The van der Waals surface area contributed by atoms with Crippen LogP contribution in [-0.4, -0.2) is 211 Å². The van der Waals surface area contributed by atoms with Crippen LogP contribution in [0.4, 0.5) is 0 Å². The van der Waals surface area contributed by atoms with Crippen LogP contribution in [0.5, 0.6) is 0 Å². The number of ether oxygens (including phenoxy) is 9. The molecule has 4 saturated heterocycles. The molecule has 4 aliphatic heterocycles. The normalized spacial score (nSPS) is 51.3. The first-order valence-corrected chi connectivity index (χ1v) is 27.5. The minimum atomic E-state index is -2.00. The fourth-order valence-electron chi connectivity index (χ4n) is 16.2. The van der Waals surface area contributed by atoms with Gasteiger partial charge in [-0.05, 0) is 109 Å². The summed E-state index contributed by atoms with van der Waals surface area (Å²) in [7, 11) is 0. The largest absolute Gasteiger partial charge is 0.479 e. The number of aliphatic hydroxyl groups is 10. The van der Waals surface area contributed by atoms with Gasteiger partial charge in [-0.15, -0.1) is 0 Å². The van der Waals surface area contributed by atoms with Crippen molar-refractivity contribution in [2.45, 2.75) is 236 Å². The van der Waals surface area contributed by atoms with Gasteiger partial charge in [0.05, 0.1) is 31.3 Å². The van der Waals surface area contributed by atoms with Crippen LogP contribution < -0.4 is 0 Å². The number of aliphatic carboxylic acids is 1. The SMILES string of the molecule is CC(=O)O[C@@H]1[C@@H](O[C@@H]2OC[C@@H](O)[C@H](O)[C@H]2O)[C@H](O[C@H]2CC[C@@]3(C)C(CC[C@]4(C)C3CC=C3[C@@H]5CC(C)(C)CC[C@]5(C(=O)O[C@@H]5O[C@H](CO)[C@@H](O)[C@H](O)[C@H]5O)CC[C@]34C)C2(C)C)O[C@H](C(=O)O)[C@H]1O[C@@H]1OC[C@@H](O)[C@H](O)[C@H]1O. The zero-order chi connectivity index (χ0) is 56.3. The standard InChI is InChI=1S/C54H84O23/c1-23(56)71-40-39(74-44-36(63)32(59)26(57)21-69-44)41(43(66)67)75-47(42(40)76-45-37(64)33(60)27(58)22-70-45)73-31-12-13-51(6)29(50(31,4)5)11-14-53(8)30(51)10-9-24-25-19-49(2,3)15-17-54(25,18-16-52(24,53)7)48(68)77-46-38(65)35(62)34(61)28(20-55)72-46/h9,25-42,44-47,55,57-65H,10-22H2,1-8H3,(H,66,67)/t25-,26+,27+,28+,29?,30?,31-,32-,33-,34+,35-,36+,37+,38+,39-,40-,41-,42+,44-,45-,46-,47+,51-,52+,53+,54-/m0/s1. The molecule has 0 aromatic carbocycles. The van der Waals surface area contributed by atoms with E-state index in [1.165, 1.54) is 5.57 Å². The second kappa shape index (κ2) is 21.3. The highest BCUT2D eigenvalue weighted by molar-refractivity contribution is 5.79. The van der Waals surface area contributed by atoms with Crippen LogP contribution in [0.3, 0.4) is 0 Å². The molecular formula is C54H84O23. The minimum absolute atomic E-state index is 0.0145. The minimum Gasteiger partial charge on any atom is -0.479 e. The van der Waals surface area contributed by atoms with Gasteiger partial charge in [0.2, 0.25) is 6.29 Å². The van der Waals surface area contributed by atoms with Crippen LogP contribution in [0, 0.1) is 50.2 Å². The fraction of sp³-hybridized carbons (Fsp3) is 0.907. The second-order valence-corrected chi connectivity index (χ2v) is 26.0. The van der Waals surface area contributed by atoms with Crippen molar-refractivity contribution >= 4 is 17.9 Å². The molecule has 8 fully saturated rings. The first kappa shape index (κ1) is 59.1. The van der Waals surface area contributed by atoms with Crippen LogP contribution in [0.15, 0.2) is 11.6 Å². The van der Waals surface area contributed by atoms with Crippen molar-refractivity contribution in [2.24, 2.45) is 50.2 Å². The van der Waals surface area contributed by atoms with Crippen molar-refractivity contribution in [1.29, 1.82) is 0 Å². The van der Waals surface area contributed by atoms with Crippen molar-refractivity contribution in [1.82, 2.24) is 0 Å². The lowest BCUT2D eigenvalue weighted by Gasteiger charge is -2.71. The van der Waals surface area contributed by atoms with E-state index in [1.807, 2.05) is 0 Å². The number of esters is 2. The summed E-state index contributed by atoms with van der Waals surface area (Å²) >= 11 is 0. The van der Waals surface area contributed by atoms with Crippen molar-refractivity contribution in [2.75, 3.05) is 19.8 Å². The Balaban J connectivity index is 1.000. The van der Waals surface area contributed by atoms with Gasteiger partial charge in [-0.2, -0.15) is 0 Å². The predicted molar refractivity (Wildman–Crippen MR) is 261 cm³/mol. The highest BCUT2D eigenvalue weighted by Gasteiger charge is 2.70. The maximum Gasteiger partial charge on any atom is 0.335 e. The van der Waals surface area contributed by atoms with Gasteiger partial charge in [-0.25, -0.2) is 4.79 Å². The third-order valence-corrected chi connectivity index (χ3v) is 20.9. The zero-order valence-corrected chi connectivity index (χ0v) is 45.3. The molecule has 2 unspecified atom stereocenters. The Labute approximate surface area is 448 Å². The maximum atomic E-state index is 14.8. The topological polar surface area (TPSA) is 357 Å². The molecule has 9 aliphatic rings. The third kappa shape index (κ3) is 9.92. The smallest absolute Gasteiger partial charge is 0.335 e.